The van der Waals surface area contributed by atoms with Crippen LogP contribution in [0.2, 0.25) is 0 Å². The Hall–Kier alpha value is -11.1. The summed E-state index contributed by atoms with van der Waals surface area (Å²) < 4.78 is 109. The standard InChI is InChI=1S/C34H48N6O6S.C33H44N6O6S.C32H44N6O6S/c1-4-23(2)31(35)33(42)46-26-14-18-39(19-15-26)32(41)24-9-11-25(12-10-24)37-34-36-17-13-30(38-34)40-20-16-27-28(40)7-5-8-29(27)45-21-6-22-47(3,43)44;1-46(42,43)22-4-21-44-29-7-2-6-28-26(29)15-20-39(28)30-12-17-35-33(37-30)36-24-10-8-23(9-11-24)31(40)38-18-13-25(14-19-38)45-32(41)27-5-3-16-34-27;1-36(2)22-30(39)44-25-13-17-37(18-14-25)31(40)23-8-10-24(11-9-23)34-32-33-16-12-29(35-32)38-19-15-26-27(38)6-4-7-28(26)43-20-5-21-45(3,41)42/h5,7-8,13,16-17,20,23-26,31H,4,6,9-12,14-15,18-19,21-22,35H2,1-3H3,(H,36,37,38);2,6-7,12,15,17,20,23-25,27,34H,3-5,8-11,13-14,16,18-19,21-22H2,1H3,(H,35,36,37);4,6-7,12,15-16,19,23-25H,5,8-11,13-14,17-18,20-22H2,1-3H3,(H,33,34,35)/t23-,24?,25?,31-;23?,24?,27-;/m00./s1. The third kappa shape index (κ3) is 29.0. The van der Waals surface area contributed by atoms with Crippen molar-refractivity contribution in [1.29, 1.82) is 0 Å². The number of hydrogen-bond donors (Lipinski definition) is 5. The number of carbonyl (C=O) groups is 6. The van der Waals surface area contributed by atoms with Crippen LogP contribution in [-0.4, -0.2) is 295 Å². The van der Waals surface area contributed by atoms with Gasteiger partial charge in [0.1, 0.15) is 94.6 Å². The van der Waals surface area contributed by atoms with E-state index in [0.29, 0.717) is 158 Å². The fourth-order valence-corrected chi connectivity index (χ4v) is 21.2. The monoisotopic (exact) mass is 1960 g/mol. The molecule has 138 heavy (non-hydrogen) atoms. The zero-order valence-corrected chi connectivity index (χ0v) is 82.8. The van der Waals surface area contributed by atoms with Gasteiger partial charge in [-0.3, -0.25) is 33.7 Å². The number of ether oxygens (including phenoxy) is 6. The highest BCUT2D eigenvalue weighted by atomic mass is 32.2. The first kappa shape index (κ1) is 103. The summed E-state index contributed by atoms with van der Waals surface area (Å²) in [6, 6.07) is 28.6. The largest absolute Gasteiger partial charge is 0.493 e. The third-order valence-electron chi connectivity index (χ3n) is 27.2. The number of fused-ring (bicyclic) bond motifs is 3. The van der Waals surface area contributed by atoms with Crippen molar-refractivity contribution in [2.75, 3.05) is 138 Å². The van der Waals surface area contributed by atoms with Gasteiger partial charge in [0.25, 0.3) is 0 Å². The maximum Gasteiger partial charge on any atom is 0.323 e. The summed E-state index contributed by atoms with van der Waals surface area (Å²) in [6.07, 6.45) is 32.3. The second-order valence-corrected chi connectivity index (χ2v) is 44.9. The second-order valence-electron chi connectivity index (χ2n) is 38.1. The number of nitrogens with one attached hydrogen (secondary N) is 4. The van der Waals surface area contributed by atoms with Gasteiger partial charge in [-0.05, 0) is 209 Å². The lowest BCUT2D eigenvalue weighted by atomic mass is 9.85. The Balaban J connectivity index is 0.000000165. The van der Waals surface area contributed by atoms with Crippen LogP contribution in [0.5, 0.6) is 17.2 Å². The fourth-order valence-electron chi connectivity index (χ4n) is 19.3. The molecule has 0 spiro atoms. The van der Waals surface area contributed by atoms with Crippen LogP contribution >= 0.6 is 0 Å². The number of benzene rings is 3. The molecular formula is C99H136N18O18S3. The molecule has 4 saturated heterocycles. The Morgan fingerprint density at radius 3 is 1.09 bits per heavy atom. The molecule has 4 aliphatic heterocycles. The van der Waals surface area contributed by atoms with Gasteiger partial charge in [0, 0.05) is 186 Å². The van der Waals surface area contributed by atoms with Crippen molar-refractivity contribution >= 4 is 116 Å². The quantitative estimate of drug-likeness (QED) is 0.0138. The van der Waals surface area contributed by atoms with Crippen LogP contribution < -0.4 is 41.2 Å². The van der Waals surface area contributed by atoms with E-state index in [2.05, 4.69) is 36.2 Å². The predicted octanol–water partition coefficient (Wildman–Crippen LogP) is 10.9. The zero-order valence-electron chi connectivity index (χ0n) is 80.4. The molecule has 6 N–H and O–H groups in total. The smallest absolute Gasteiger partial charge is 0.323 e. The van der Waals surface area contributed by atoms with E-state index >= 15 is 0 Å². The number of likely N-dealkylation sites (N-methyl/N-ethyl adjacent to an activating group) is 1. The number of aromatic nitrogens is 9. The van der Waals surface area contributed by atoms with Gasteiger partial charge in [-0.25, -0.2) is 40.2 Å². The van der Waals surface area contributed by atoms with E-state index in [9.17, 15) is 54.0 Å². The molecule has 748 valence electrons. The summed E-state index contributed by atoms with van der Waals surface area (Å²) in [7, 11) is -5.39. The molecule has 3 atom stereocenters. The second kappa shape index (κ2) is 48.2. The van der Waals surface area contributed by atoms with Gasteiger partial charge in [-0.15, -0.1) is 0 Å². The van der Waals surface area contributed by atoms with Crippen molar-refractivity contribution in [3.8, 4) is 34.7 Å². The number of nitrogens with two attached hydrogens (primary N) is 1. The number of carbonyl (C=O) groups excluding carboxylic acids is 6. The summed E-state index contributed by atoms with van der Waals surface area (Å²) >= 11 is 0. The molecule has 3 saturated carbocycles. The number of piperidine rings is 3. The van der Waals surface area contributed by atoms with Gasteiger partial charge >= 0.3 is 17.9 Å². The molecule has 7 fully saturated rings. The average Bonchev–Trinajstić information content (AvgIpc) is 1.64. The molecule has 39 heteroatoms. The minimum atomic E-state index is -3.03. The number of hydrogen-bond acceptors (Lipinski definition) is 30. The van der Waals surface area contributed by atoms with Crippen molar-refractivity contribution in [2.45, 2.75) is 216 Å². The molecule has 16 rings (SSSR count). The minimum Gasteiger partial charge on any atom is -0.493 e. The summed E-state index contributed by atoms with van der Waals surface area (Å²) in [6.45, 7) is 9.77. The Morgan fingerprint density at radius 2 is 0.783 bits per heavy atom. The number of rotatable bonds is 36. The summed E-state index contributed by atoms with van der Waals surface area (Å²) in [5.74, 6) is 6.17. The van der Waals surface area contributed by atoms with Gasteiger partial charge in [-0.1, -0.05) is 38.5 Å². The molecule has 0 bridgehead atoms. The van der Waals surface area contributed by atoms with Crippen molar-refractivity contribution in [3.63, 3.8) is 0 Å². The lowest BCUT2D eigenvalue weighted by Gasteiger charge is -2.36. The number of nitrogens with zero attached hydrogens (tertiary/aromatic N) is 13. The Kier molecular flexibility index (Phi) is 35.9. The first-order chi connectivity index (χ1) is 66.3. The van der Waals surface area contributed by atoms with Crippen LogP contribution in [-0.2, 0) is 72.5 Å². The highest BCUT2D eigenvalue weighted by molar-refractivity contribution is 7.91. The van der Waals surface area contributed by atoms with Gasteiger partial charge in [0.05, 0.1) is 60.2 Å². The number of amides is 3. The molecule has 36 nitrogen and oxygen atoms in total. The van der Waals surface area contributed by atoms with Gasteiger partial charge in [0.2, 0.25) is 35.6 Å². The normalized spacial score (nSPS) is 20.8. The van der Waals surface area contributed by atoms with Crippen molar-refractivity contribution in [1.82, 2.24) is 68.5 Å². The van der Waals surface area contributed by atoms with E-state index in [4.69, 9.17) is 49.1 Å². The van der Waals surface area contributed by atoms with Crippen LogP contribution in [0.15, 0.2) is 128 Å². The van der Waals surface area contributed by atoms with E-state index in [1.54, 1.807) is 23.5 Å². The minimum absolute atomic E-state index is 0.00717. The van der Waals surface area contributed by atoms with Crippen LogP contribution in [0.4, 0.5) is 17.8 Å². The number of likely N-dealkylation sites (tertiary alicyclic amines) is 3. The molecule has 3 aliphatic carbocycles. The third-order valence-corrected chi connectivity index (χ3v) is 30.3. The molecule has 3 aromatic carbocycles. The van der Waals surface area contributed by atoms with Crippen LogP contribution in [0, 0.1) is 23.7 Å². The summed E-state index contributed by atoms with van der Waals surface area (Å²) in [5.41, 5.74) is 8.81. The average molecular weight is 1960 g/mol. The zero-order chi connectivity index (χ0) is 97.6. The lowest BCUT2D eigenvalue weighted by molar-refractivity contribution is -0.156. The van der Waals surface area contributed by atoms with E-state index < -0.39 is 35.6 Å². The highest BCUT2D eigenvalue weighted by Gasteiger charge is 2.38. The number of anilines is 3. The van der Waals surface area contributed by atoms with Crippen molar-refractivity contribution in [3.05, 3.63) is 128 Å². The SMILES string of the molecule is CC[C@H](C)[C@H](N)C(=O)OC1CCN(C(=O)C2CCC(Nc3nccc(-n4ccc5c(OCCCS(C)(=O)=O)cccc54)n3)CC2)CC1.CN(C)CC(=O)OC1CCN(C(=O)C2CCC(Nc3nccc(-n4ccc5c(OCCCS(C)(=O)=O)cccc54)n3)CC2)CC1.CS(=O)(=O)CCCOc1cccc2c1ccn2-c1ccnc(NC2CCC(C(=O)N3CCC(OC(=O)[C@@H]4CCCN4)CC3)CC2)n1. The van der Waals surface area contributed by atoms with Crippen LogP contribution in [0.1, 0.15) is 168 Å². The molecule has 0 radical (unpaired) electrons. The Morgan fingerprint density at radius 1 is 0.449 bits per heavy atom. The lowest BCUT2D eigenvalue weighted by Crippen LogP contribution is -2.46. The van der Waals surface area contributed by atoms with Gasteiger partial charge < -0.3 is 83.8 Å². The highest BCUT2D eigenvalue weighted by Crippen LogP contribution is 2.37. The fraction of sp³-hybridized carbons (Fsp3) is 0.576. The molecule has 3 amide bonds. The van der Waals surface area contributed by atoms with Crippen molar-refractivity contribution in [2.24, 2.45) is 29.4 Å². The van der Waals surface area contributed by atoms with Crippen LogP contribution in [0.25, 0.3) is 50.2 Å². The Bertz CT molecular complexity index is 5970. The first-order valence-electron chi connectivity index (χ1n) is 48.9. The molecule has 10 heterocycles. The maximum absolute atomic E-state index is 13.3. The molecule has 7 aliphatic rings. The van der Waals surface area contributed by atoms with Crippen molar-refractivity contribution < 1.29 is 82.4 Å². The van der Waals surface area contributed by atoms with Gasteiger partial charge in [-0.2, -0.15) is 15.0 Å². The van der Waals surface area contributed by atoms with E-state index in [0.717, 1.165) is 147 Å². The van der Waals surface area contributed by atoms with E-state index in [-0.39, 0.29) is 126 Å². The van der Waals surface area contributed by atoms with E-state index in [1.807, 2.05) is 166 Å². The molecular weight excluding hydrogens is 1830 g/mol. The number of esters is 3. The number of sulfone groups is 3. The maximum atomic E-state index is 13.3. The van der Waals surface area contributed by atoms with Crippen LogP contribution in [0.3, 0.4) is 0 Å². The first-order valence-corrected chi connectivity index (χ1v) is 55.1. The van der Waals surface area contributed by atoms with Gasteiger partial charge in [0.15, 0.2) is 0 Å². The summed E-state index contributed by atoms with van der Waals surface area (Å²) in [4.78, 5) is 112. The summed E-state index contributed by atoms with van der Waals surface area (Å²) in [5, 5.41) is 16.4. The molecule has 6 aromatic heterocycles. The molecule has 9 aromatic rings. The predicted molar refractivity (Wildman–Crippen MR) is 528 cm³/mol. The molecule has 0 unspecified atom stereocenters. The van der Waals surface area contributed by atoms with E-state index in [1.165, 1.54) is 18.8 Å². The Labute approximate surface area is 808 Å². The topological polar surface area (TPSA) is 439 Å².